The van der Waals surface area contributed by atoms with Crippen molar-refractivity contribution in [1.29, 1.82) is 0 Å². The minimum atomic E-state index is -0.817. The summed E-state index contributed by atoms with van der Waals surface area (Å²) in [6.07, 6.45) is 3.51. The molecule has 2 unspecified atom stereocenters. The quantitative estimate of drug-likeness (QED) is 0.814. The molecule has 0 radical (unpaired) electrons. The topological polar surface area (TPSA) is 42.2 Å². The molecule has 3 nitrogen and oxygen atoms in total. The summed E-state index contributed by atoms with van der Waals surface area (Å²) in [4.78, 5) is 0. The molecule has 96 valence electrons. The van der Waals surface area contributed by atoms with E-state index in [9.17, 15) is 4.21 Å². The van der Waals surface area contributed by atoms with Gasteiger partial charge in [0.05, 0.1) is 12.3 Å². The Bertz CT molecular complexity index is 385. The smallest absolute Gasteiger partial charge is 0.118 e. The molecule has 1 saturated carbocycles. The second kappa shape index (κ2) is 5.83. The molecule has 1 aromatic rings. The Kier molecular flexibility index (Phi) is 4.40. The summed E-state index contributed by atoms with van der Waals surface area (Å²) >= 11 is 0. The molecule has 4 heteroatoms. The highest BCUT2D eigenvalue weighted by Crippen LogP contribution is 2.20. The predicted octanol–water partition coefficient (Wildman–Crippen LogP) is 2.58. The van der Waals surface area contributed by atoms with Gasteiger partial charge < -0.3 is 9.73 Å². The van der Waals surface area contributed by atoms with Crippen molar-refractivity contribution >= 4 is 10.8 Å². The molecule has 0 bridgehead atoms. The van der Waals surface area contributed by atoms with Crippen molar-refractivity contribution in [2.75, 3.05) is 0 Å². The van der Waals surface area contributed by atoms with E-state index < -0.39 is 10.8 Å². The summed E-state index contributed by atoms with van der Waals surface area (Å²) in [7, 11) is -0.817. The van der Waals surface area contributed by atoms with E-state index in [2.05, 4.69) is 12.2 Å². The first kappa shape index (κ1) is 12.8. The van der Waals surface area contributed by atoms with Gasteiger partial charge in [0.2, 0.25) is 0 Å². The van der Waals surface area contributed by atoms with Crippen molar-refractivity contribution in [3.63, 3.8) is 0 Å². The molecule has 17 heavy (non-hydrogen) atoms. The number of hydrogen-bond acceptors (Lipinski definition) is 3. The van der Waals surface area contributed by atoms with Crippen LogP contribution in [0.3, 0.4) is 0 Å². The van der Waals surface area contributed by atoms with Crippen molar-refractivity contribution in [3.05, 3.63) is 23.7 Å². The van der Waals surface area contributed by atoms with E-state index >= 15 is 0 Å². The Morgan fingerprint density at radius 3 is 2.82 bits per heavy atom. The Hall–Kier alpha value is -0.610. The Balaban J connectivity index is 1.82. The van der Waals surface area contributed by atoms with Crippen LogP contribution < -0.4 is 5.32 Å². The van der Waals surface area contributed by atoms with Gasteiger partial charge in [0, 0.05) is 22.1 Å². The molecule has 1 N–H and O–H groups in total. The normalized spacial score (nSPS) is 19.2. The molecule has 0 saturated heterocycles. The first-order valence-electron chi connectivity index (χ1n) is 6.37. The van der Waals surface area contributed by atoms with Crippen molar-refractivity contribution < 1.29 is 8.63 Å². The van der Waals surface area contributed by atoms with Crippen molar-refractivity contribution in [1.82, 2.24) is 5.32 Å². The second-order valence-electron chi connectivity index (χ2n) is 4.77. The van der Waals surface area contributed by atoms with Crippen molar-refractivity contribution in [2.24, 2.45) is 0 Å². The number of furan rings is 1. The van der Waals surface area contributed by atoms with E-state index in [-0.39, 0.29) is 5.25 Å². The fourth-order valence-corrected chi connectivity index (χ4v) is 2.69. The van der Waals surface area contributed by atoms with Gasteiger partial charge in [0.1, 0.15) is 11.5 Å². The summed E-state index contributed by atoms with van der Waals surface area (Å²) in [6.45, 7) is 4.88. The van der Waals surface area contributed by atoms with Crippen LogP contribution in [0.25, 0.3) is 0 Å². The molecule has 1 aliphatic rings. The zero-order valence-electron chi connectivity index (χ0n) is 10.6. The molecule has 1 heterocycles. The fourth-order valence-electron chi connectivity index (χ4n) is 1.60. The fraction of sp³-hybridized carbons (Fsp3) is 0.692. The maximum atomic E-state index is 11.9. The van der Waals surface area contributed by atoms with E-state index in [0.29, 0.717) is 11.8 Å². The Morgan fingerprint density at radius 1 is 1.47 bits per heavy atom. The molecule has 1 fully saturated rings. The lowest BCUT2D eigenvalue weighted by Gasteiger charge is -2.06. The highest BCUT2D eigenvalue weighted by Gasteiger charge is 2.20. The van der Waals surface area contributed by atoms with E-state index in [4.69, 9.17) is 4.42 Å². The molecule has 2 atom stereocenters. The third-order valence-corrected chi connectivity index (χ3v) is 4.97. The minimum absolute atomic E-state index is 0.244. The molecular weight excluding hydrogens is 234 g/mol. The lowest BCUT2D eigenvalue weighted by Crippen LogP contribution is -2.14. The van der Waals surface area contributed by atoms with Crippen LogP contribution in [0.15, 0.2) is 16.5 Å². The Morgan fingerprint density at radius 2 is 2.18 bits per heavy atom. The molecule has 0 amide bonds. The summed E-state index contributed by atoms with van der Waals surface area (Å²) < 4.78 is 17.5. The van der Waals surface area contributed by atoms with Crippen molar-refractivity contribution in [2.45, 2.75) is 56.7 Å². The number of rotatable bonds is 7. The summed E-state index contributed by atoms with van der Waals surface area (Å²) in [5, 5.41) is 3.65. The zero-order valence-corrected chi connectivity index (χ0v) is 11.4. The van der Waals surface area contributed by atoms with Crippen LogP contribution in [-0.4, -0.2) is 15.5 Å². The van der Waals surface area contributed by atoms with Gasteiger partial charge in [-0.15, -0.1) is 0 Å². The van der Waals surface area contributed by atoms with Crippen LogP contribution in [0.5, 0.6) is 0 Å². The first-order chi connectivity index (χ1) is 8.19. The monoisotopic (exact) mass is 255 g/mol. The lowest BCUT2D eigenvalue weighted by molar-refractivity contribution is 0.457. The number of hydrogen-bond donors (Lipinski definition) is 1. The van der Waals surface area contributed by atoms with Gasteiger partial charge in [-0.3, -0.25) is 4.21 Å². The minimum Gasteiger partial charge on any atom is -0.464 e. The Labute approximate surface area is 105 Å². The third-order valence-electron chi connectivity index (χ3n) is 3.17. The van der Waals surface area contributed by atoms with E-state index in [1.165, 1.54) is 12.8 Å². The highest BCUT2D eigenvalue weighted by molar-refractivity contribution is 7.84. The molecule has 0 spiro atoms. The van der Waals surface area contributed by atoms with Gasteiger partial charge in [-0.1, -0.05) is 13.8 Å². The van der Waals surface area contributed by atoms with E-state index in [1.54, 1.807) is 0 Å². The maximum Gasteiger partial charge on any atom is 0.118 e. The van der Waals surface area contributed by atoms with Gasteiger partial charge in [-0.05, 0) is 31.4 Å². The van der Waals surface area contributed by atoms with E-state index in [0.717, 1.165) is 24.5 Å². The summed E-state index contributed by atoms with van der Waals surface area (Å²) in [5.74, 6) is 2.34. The summed E-state index contributed by atoms with van der Waals surface area (Å²) in [6, 6.07) is 4.63. The molecule has 0 aliphatic heterocycles. The highest BCUT2D eigenvalue weighted by atomic mass is 32.2. The van der Waals surface area contributed by atoms with E-state index in [1.807, 2.05) is 19.1 Å². The number of nitrogens with one attached hydrogen (secondary N) is 1. The molecule has 1 aliphatic carbocycles. The molecule has 1 aromatic heterocycles. The van der Waals surface area contributed by atoms with Crippen LogP contribution in [0.4, 0.5) is 0 Å². The predicted molar refractivity (Wildman–Crippen MR) is 70.2 cm³/mol. The largest absolute Gasteiger partial charge is 0.464 e. The van der Waals surface area contributed by atoms with Gasteiger partial charge >= 0.3 is 0 Å². The van der Waals surface area contributed by atoms with Crippen LogP contribution in [0, 0.1) is 0 Å². The molecular formula is C13H21NO2S. The summed E-state index contributed by atoms with van der Waals surface area (Å²) in [5.41, 5.74) is 0. The maximum absolute atomic E-state index is 11.9. The second-order valence-corrected chi connectivity index (χ2v) is 6.62. The zero-order chi connectivity index (χ0) is 12.3. The lowest BCUT2D eigenvalue weighted by atomic mass is 10.4. The SMILES string of the molecule is CCC(C)S(=O)Cc1ccc(CNC2CC2)o1. The van der Waals surface area contributed by atoms with Gasteiger partial charge in [0.25, 0.3) is 0 Å². The average Bonchev–Trinajstić information content (AvgIpc) is 3.06. The molecule has 2 rings (SSSR count). The van der Waals surface area contributed by atoms with Gasteiger partial charge in [-0.2, -0.15) is 0 Å². The van der Waals surface area contributed by atoms with Gasteiger partial charge in [0.15, 0.2) is 0 Å². The standard InChI is InChI=1S/C13H21NO2S/c1-3-10(2)17(15)9-13-7-6-12(16-13)8-14-11-4-5-11/h6-7,10-11,14H,3-5,8-9H2,1-2H3. The van der Waals surface area contributed by atoms with Crippen LogP contribution in [0.1, 0.15) is 44.6 Å². The first-order valence-corrected chi connectivity index (χ1v) is 7.75. The van der Waals surface area contributed by atoms with Gasteiger partial charge in [-0.25, -0.2) is 0 Å². The van der Waals surface area contributed by atoms with Crippen LogP contribution in [0.2, 0.25) is 0 Å². The van der Waals surface area contributed by atoms with Crippen LogP contribution in [-0.2, 0) is 23.1 Å². The third kappa shape index (κ3) is 3.96. The van der Waals surface area contributed by atoms with Crippen molar-refractivity contribution in [3.8, 4) is 0 Å². The molecule has 0 aromatic carbocycles. The average molecular weight is 255 g/mol. The van der Waals surface area contributed by atoms with Crippen LogP contribution >= 0.6 is 0 Å².